The van der Waals surface area contributed by atoms with Crippen LogP contribution in [0.3, 0.4) is 0 Å². The van der Waals surface area contributed by atoms with Crippen LogP contribution in [0.25, 0.3) is 0 Å². The van der Waals surface area contributed by atoms with E-state index in [0.29, 0.717) is 85.7 Å². The van der Waals surface area contributed by atoms with E-state index in [2.05, 4.69) is 26.1 Å². The van der Waals surface area contributed by atoms with Gasteiger partial charge in [-0.25, -0.2) is 0 Å². The van der Waals surface area contributed by atoms with Crippen molar-refractivity contribution in [1.82, 2.24) is 10.2 Å². The van der Waals surface area contributed by atoms with Gasteiger partial charge in [-0.3, -0.25) is 20.2 Å². The minimum Gasteiger partial charge on any atom is -0.493 e. The highest BCUT2D eigenvalue weighted by Crippen LogP contribution is 2.33. The fraction of sp³-hybridized carbons (Fsp3) is 0.417. The standard InChI is InChI=1S/C24H28BrN5O5S/c1-2-35-22-6-3-17(15-19(22)25)23(31)26-24(36)29-9-7-27(8-10-29)18-4-5-20(30(32)33)21(16-18)28-11-13-34-14-12-28/h3-6,15-16H,2,7-14H2,1H3,(H,26,31,36). The Morgan fingerprint density at radius 3 is 2.47 bits per heavy atom. The third-order valence-electron chi connectivity index (χ3n) is 6.15. The number of anilines is 2. The molecule has 0 atom stereocenters. The van der Waals surface area contributed by atoms with E-state index in [0.717, 1.165) is 5.69 Å². The molecule has 2 aliphatic rings. The van der Waals surface area contributed by atoms with E-state index in [1.807, 2.05) is 22.8 Å². The molecule has 192 valence electrons. The molecule has 1 N–H and O–H groups in total. The molecule has 0 radical (unpaired) electrons. The molecule has 2 aromatic rings. The maximum atomic E-state index is 12.7. The molecule has 36 heavy (non-hydrogen) atoms. The second-order valence-corrected chi connectivity index (χ2v) is 9.58. The SMILES string of the molecule is CCOc1ccc(C(=O)NC(=S)N2CCN(c3ccc([N+](=O)[O-])c(N4CCOCC4)c3)CC2)cc1Br. The zero-order valence-corrected chi connectivity index (χ0v) is 22.3. The van der Waals surface area contributed by atoms with Crippen LogP contribution in [-0.4, -0.2) is 79.9 Å². The van der Waals surface area contributed by atoms with Crippen molar-refractivity contribution in [2.24, 2.45) is 0 Å². The lowest BCUT2D eigenvalue weighted by Crippen LogP contribution is -2.52. The zero-order chi connectivity index (χ0) is 25.7. The zero-order valence-electron chi connectivity index (χ0n) is 19.9. The van der Waals surface area contributed by atoms with Crippen LogP contribution >= 0.6 is 28.1 Å². The van der Waals surface area contributed by atoms with Crippen LogP contribution < -0.4 is 19.9 Å². The first kappa shape index (κ1) is 26.1. The fourth-order valence-electron chi connectivity index (χ4n) is 4.25. The lowest BCUT2D eigenvalue weighted by molar-refractivity contribution is -0.384. The summed E-state index contributed by atoms with van der Waals surface area (Å²) in [7, 11) is 0. The number of carbonyl (C=O) groups excluding carboxylic acids is 1. The maximum absolute atomic E-state index is 12.7. The first-order valence-electron chi connectivity index (χ1n) is 11.8. The molecule has 2 heterocycles. The summed E-state index contributed by atoms with van der Waals surface area (Å²) in [6.45, 7) is 7.37. The van der Waals surface area contributed by atoms with E-state index >= 15 is 0 Å². The van der Waals surface area contributed by atoms with E-state index in [1.165, 1.54) is 0 Å². The molecular formula is C24H28BrN5O5S. The van der Waals surface area contributed by atoms with E-state index in [-0.39, 0.29) is 16.5 Å². The van der Waals surface area contributed by atoms with Crippen molar-refractivity contribution < 1.29 is 19.2 Å². The number of hydrogen-bond acceptors (Lipinski definition) is 8. The smallest absolute Gasteiger partial charge is 0.292 e. The van der Waals surface area contributed by atoms with Crippen LogP contribution in [0.4, 0.5) is 17.1 Å². The molecule has 10 nitrogen and oxygen atoms in total. The van der Waals surface area contributed by atoms with Gasteiger partial charge in [0, 0.05) is 56.6 Å². The summed E-state index contributed by atoms with van der Waals surface area (Å²) in [4.78, 5) is 30.1. The number of thiocarbonyl (C=S) groups is 1. The van der Waals surface area contributed by atoms with Crippen molar-refractivity contribution in [2.75, 3.05) is 68.9 Å². The minimum atomic E-state index is -0.337. The van der Waals surface area contributed by atoms with E-state index < -0.39 is 0 Å². The summed E-state index contributed by atoms with van der Waals surface area (Å²) in [5.41, 5.74) is 2.13. The van der Waals surface area contributed by atoms with Crippen molar-refractivity contribution >= 4 is 56.2 Å². The van der Waals surface area contributed by atoms with Gasteiger partial charge in [0.1, 0.15) is 11.4 Å². The molecule has 2 fully saturated rings. The number of nitro benzene ring substituents is 1. The topological polar surface area (TPSA) is 100 Å². The number of carbonyl (C=O) groups is 1. The Morgan fingerprint density at radius 2 is 1.83 bits per heavy atom. The Balaban J connectivity index is 1.37. The van der Waals surface area contributed by atoms with Gasteiger partial charge in [-0.1, -0.05) is 0 Å². The Hall–Kier alpha value is -2.96. The Bertz CT molecular complexity index is 1140. The van der Waals surface area contributed by atoms with Gasteiger partial charge in [0.05, 0.1) is 29.2 Å². The van der Waals surface area contributed by atoms with Gasteiger partial charge < -0.3 is 24.2 Å². The van der Waals surface area contributed by atoms with Gasteiger partial charge in [0.15, 0.2) is 5.11 Å². The summed E-state index contributed by atoms with van der Waals surface area (Å²) in [5.74, 6) is 0.396. The lowest BCUT2D eigenvalue weighted by Gasteiger charge is -2.37. The number of benzene rings is 2. The largest absolute Gasteiger partial charge is 0.493 e. The van der Waals surface area contributed by atoms with Crippen LogP contribution in [0.5, 0.6) is 5.75 Å². The van der Waals surface area contributed by atoms with Crippen molar-refractivity contribution in [2.45, 2.75) is 6.92 Å². The van der Waals surface area contributed by atoms with Crippen molar-refractivity contribution in [1.29, 1.82) is 0 Å². The molecule has 2 aliphatic heterocycles. The molecule has 2 aromatic carbocycles. The maximum Gasteiger partial charge on any atom is 0.292 e. The molecule has 0 aliphatic carbocycles. The molecule has 4 rings (SSSR count). The molecule has 0 aromatic heterocycles. The predicted molar refractivity (Wildman–Crippen MR) is 145 cm³/mol. The number of nitro groups is 1. The first-order chi connectivity index (χ1) is 17.4. The van der Waals surface area contributed by atoms with Gasteiger partial charge in [0.2, 0.25) is 0 Å². The molecule has 1 amide bonds. The second-order valence-electron chi connectivity index (χ2n) is 8.34. The second kappa shape index (κ2) is 11.8. The van der Waals surface area contributed by atoms with Crippen LogP contribution in [0, 0.1) is 10.1 Å². The van der Waals surface area contributed by atoms with E-state index in [4.69, 9.17) is 21.7 Å². The molecule has 12 heteroatoms. The summed E-state index contributed by atoms with van der Waals surface area (Å²) >= 11 is 8.93. The number of amides is 1. The monoisotopic (exact) mass is 577 g/mol. The number of morpholine rings is 1. The quantitative estimate of drug-likeness (QED) is 0.314. The average Bonchev–Trinajstić information content (AvgIpc) is 2.90. The lowest BCUT2D eigenvalue weighted by atomic mass is 10.1. The minimum absolute atomic E-state index is 0.101. The van der Waals surface area contributed by atoms with Crippen molar-refractivity contribution in [3.05, 3.63) is 56.5 Å². The number of piperazine rings is 1. The summed E-state index contributed by atoms with van der Waals surface area (Å²) in [6, 6.07) is 10.4. The van der Waals surface area contributed by atoms with Gasteiger partial charge in [0.25, 0.3) is 11.6 Å². The van der Waals surface area contributed by atoms with E-state index in [1.54, 1.807) is 30.3 Å². The highest BCUT2D eigenvalue weighted by molar-refractivity contribution is 9.10. The van der Waals surface area contributed by atoms with Crippen LogP contribution in [-0.2, 0) is 4.74 Å². The normalized spacial score (nSPS) is 16.0. The average molecular weight is 578 g/mol. The Kier molecular flexibility index (Phi) is 8.60. The number of hydrogen-bond donors (Lipinski definition) is 1. The number of nitrogens with one attached hydrogen (secondary N) is 1. The van der Waals surface area contributed by atoms with Gasteiger partial charge in [-0.2, -0.15) is 0 Å². The fourth-order valence-corrected chi connectivity index (χ4v) is 5.02. The van der Waals surface area contributed by atoms with Crippen LogP contribution in [0.15, 0.2) is 40.9 Å². The number of halogens is 1. The van der Waals surface area contributed by atoms with Gasteiger partial charge in [-0.15, -0.1) is 0 Å². The third-order valence-corrected chi connectivity index (χ3v) is 7.13. The molecule has 0 bridgehead atoms. The number of rotatable bonds is 6. The summed E-state index contributed by atoms with van der Waals surface area (Å²) in [6.07, 6.45) is 0. The number of ether oxygens (including phenoxy) is 2. The molecular weight excluding hydrogens is 550 g/mol. The Labute approximate surface area is 223 Å². The first-order valence-corrected chi connectivity index (χ1v) is 13.0. The van der Waals surface area contributed by atoms with E-state index in [9.17, 15) is 14.9 Å². The van der Waals surface area contributed by atoms with Crippen LogP contribution in [0.1, 0.15) is 17.3 Å². The predicted octanol–water partition coefficient (Wildman–Crippen LogP) is 3.43. The summed E-state index contributed by atoms with van der Waals surface area (Å²) in [5, 5.41) is 14.8. The van der Waals surface area contributed by atoms with Crippen LogP contribution in [0.2, 0.25) is 0 Å². The molecule has 0 unspecified atom stereocenters. The molecule has 0 spiro atoms. The molecule has 0 saturated carbocycles. The van der Waals surface area contributed by atoms with Gasteiger partial charge >= 0.3 is 0 Å². The highest BCUT2D eigenvalue weighted by Gasteiger charge is 2.25. The third kappa shape index (κ3) is 6.05. The summed E-state index contributed by atoms with van der Waals surface area (Å²) < 4.78 is 11.6. The highest BCUT2D eigenvalue weighted by atomic mass is 79.9. The van der Waals surface area contributed by atoms with Gasteiger partial charge in [-0.05, 0) is 65.4 Å². The number of nitrogens with zero attached hydrogens (tertiary/aromatic N) is 4. The Morgan fingerprint density at radius 1 is 1.11 bits per heavy atom. The van der Waals surface area contributed by atoms with Crippen molar-refractivity contribution in [3.63, 3.8) is 0 Å². The molecule has 2 saturated heterocycles. The van der Waals surface area contributed by atoms with Crippen molar-refractivity contribution in [3.8, 4) is 5.75 Å².